The Hall–Kier alpha value is -2.21. The number of aromatic nitrogens is 3. The fourth-order valence-corrected chi connectivity index (χ4v) is 2.09. The molecule has 2 heterocycles. The molecule has 0 radical (unpaired) electrons. The van der Waals surface area contributed by atoms with Crippen molar-refractivity contribution in [3.05, 3.63) is 47.1 Å². The number of rotatable bonds is 2. The van der Waals surface area contributed by atoms with Crippen LogP contribution in [0.15, 0.2) is 51.6 Å². The van der Waals surface area contributed by atoms with E-state index in [1.807, 2.05) is 24.3 Å². The molecule has 19 heavy (non-hydrogen) atoms. The highest BCUT2D eigenvalue weighted by atomic mass is 79.9. The van der Waals surface area contributed by atoms with Gasteiger partial charge in [-0.1, -0.05) is 33.2 Å². The number of hydrogen-bond acceptors (Lipinski definition) is 5. The first-order valence-electron chi connectivity index (χ1n) is 5.54. The van der Waals surface area contributed by atoms with Crippen molar-refractivity contribution in [1.82, 2.24) is 15.1 Å². The molecule has 0 unspecified atom stereocenters. The molecule has 0 aliphatic heterocycles. The van der Waals surface area contributed by atoms with Gasteiger partial charge in [-0.15, -0.1) is 0 Å². The molecule has 2 N–H and O–H groups in total. The van der Waals surface area contributed by atoms with Gasteiger partial charge in [0, 0.05) is 16.2 Å². The van der Waals surface area contributed by atoms with Crippen LogP contribution in [0, 0.1) is 0 Å². The average Bonchev–Trinajstić information content (AvgIpc) is 2.89. The first-order chi connectivity index (χ1) is 9.24. The van der Waals surface area contributed by atoms with Crippen LogP contribution in [0.4, 0.5) is 5.82 Å². The van der Waals surface area contributed by atoms with Crippen molar-refractivity contribution >= 4 is 21.7 Å². The molecule has 5 nitrogen and oxygen atoms in total. The topological polar surface area (TPSA) is 77.8 Å². The van der Waals surface area contributed by atoms with Crippen LogP contribution in [0.1, 0.15) is 0 Å². The number of nitrogens with two attached hydrogens (primary N) is 1. The molecule has 3 rings (SSSR count). The van der Waals surface area contributed by atoms with Crippen LogP contribution in [-0.4, -0.2) is 15.1 Å². The van der Waals surface area contributed by atoms with E-state index in [2.05, 4.69) is 31.1 Å². The molecule has 0 saturated carbocycles. The number of nitrogens with zero attached hydrogens (tertiary/aromatic N) is 3. The van der Waals surface area contributed by atoms with E-state index in [9.17, 15) is 0 Å². The molecule has 0 aliphatic carbocycles. The van der Waals surface area contributed by atoms with E-state index in [0.29, 0.717) is 17.5 Å². The molecule has 0 fully saturated rings. The predicted molar refractivity (Wildman–Crippen MR) is 75.1 cm³/mol. The van der Waals surface area contributed by atoms with E-state index in [4.69, 9.17) is 10.3 Å². The lowest BCUT2D eigenvalue weighted by Gasteiger charge is -1.96. The van der Waals surface area contributed by atoms with Crippen LogP contribution >= 0.6 is 15.9 Å². The number of benzene rings is 1. The summed E-state index contributed by atoms with van der Waals surface area (Å²) in [6.45, 7) is 0. The Kier molecular flexibility index (Phi) is 3.00. The second-order valence-corrected chi connectivity index (χ2v) is 4.73. The summed E-state index contributed by atoms with van der Waals surface area (Å²) < 4.78 is 6.15. The van der Waals surface area contributed by atoms with Crippen molar-refractivity contribution in [3.8, 4) is 22.8 Å². The second kappa shape index (κ2) is 4.81. The molecule has 0 atom stereocenters. The summed E-state index contributed by atoms with van der Waals surface area (Å²) in [7, 11) is 0. The third-order valence-electron chi connectivity index (χ3n) is 2.57. The summed E-state index contributed by atoms with van der Waals surface area (Å²) in [5, 5.41) is 3.97. The second-order valence-electron chi connectivity index (χ2n) is 3.87. The molecule has 0 amide bonds. The molecule has 0 saturated heterocycles. The summed E-state index contributed by atoms with van der Waals surface area (Å²) >= 11 is 3.46. The van der Waals surface area contributed by atoms with Gasteiger partial charge in [0.1, 0.15) is 5.82 Å². The van der Waals surface area contributed by atoms with Crippen molar-refractivity contribution in [3.63, 3.8) is 0 Å². The SMILES string of the molecule is Nc1ccc(-c2nc(-c3ccccc3Br)no2)cn1. The van der Waals surface area contributed by atoms with Gasteiger partial charge in [-0.05, 0) is 24.3 Å². The number of anilines is 1. The minimum absolute atomic E-state index is 0.415. The molecule has 0 bridgehead atoms. The summed E-state index contributed by atoms with van der Waals surface area (Å²) in [6, 6.07) is 11.2. The van der Waals surface area contributed by atoms with Crippen LogP contribution in [0.25, 0.3) is 22.8 Å². The average molecular weight is 317 g/mol. The molecule has 2 aromatic heterocycles. The summed E-state index contributed by atoms with van der Waals surface area (Å²) in [5.74, 6) is 1.40. The Labute approximate surface area is 117 Å². The number of pyridine rings is 1. The number of halogens is 1. The number of hydrogen-bond donors (Lipinski definition) is 1. The zero-order valence-electron chi connectivity index (χ0n) is 9.75. The van der Waals surface area contributed by atoms with Crippen molar-refractivity contribution in [2.75, 3.05) is 5.73 Å². The molecule has 0 aliphatic rings. The largest absolute Gasteiger partial charge is 0.384 e. The van der Waals surface area contributed by atoms with Gasteiger partial charge >= 0.3 is 0 Å². The Morgan fingerprint density at radius 2 is 1.95 bits per heavy atom. The number of nitrogen functional groups attached to an aromatic ring is 1. The van der Waals surface area contributed by atoms with E-state index < -0.39 is 0 Å². The van der Waals surface area contributed by atoms with E-state index in [-0.39, 0.29) is 0 Å². The van der Waals surface area contributed by atoms with Crippen molar-refractivity contribution < 1.29 is 4.52 Å². The lowest BCUT2D eigenvalue weighted by Crippen LogP contribution is -1.89. The van der Waals surface area contributed by atoms with Gasteiger partial charge < -0.3 is 10.3 Å². The monoisotopic (exact) mass is 316 g/mol. The Balaban J connectivity index is 2.00. The third-order valence-corrected chi connectivity index (χ3v) is 3.27. The quantitative estimate of drug-likeness (QED) is 0.785. The lowest BCUT2D eigenvalue weighted by atomic mass is 10.2. The van der Waals surface area contributed by atoms with E-state index in [0.717, 1.165) is 15.6 Å². The molecule has 0 spiro atoms. The van der Waals surface area contributed by atoms with Gasteiger partial charge in [0.05, 0.1) is 5.56 Å². The fraction of sp³-hybridized carbons (Fsp3) is 0. The van der Waals surface area contributed by atoms with Gasteiger partial charge in [0.15, 0.2) is 0 Å². The summed E-state index contributed by atoms with van der Waals surface area (Å²) in [5.41, 5.74) is 7.15. The standard InChI is InChI=1S/C13H9BrN4O/c14-10-4-2-1-3-9(10)12-17-13(19-18-12)8-5-6-11(15)16-7-8/h1-7H,(H2,15,16). The molecule has 1 aromatic carbocycles. The highest BCUT2D eigenvalue weighted by Gasteiger charge is 2.12. The van der Waals surface area contributed by atoms with Crippen molar-refractivity contribution in [1.29, 1.82) is 0 Å². The van der Waals surface area contributed by atoms with Gasteiger partial charge in [0.25, 0.3) is 5.89 Å². The van der Waals surface area contributed by atoms with Crippen LogP contribution in [-0.2, 0) is 0 Å². The fourth-order valence-electron chi connectivity index (χ4n) is 1.62. The Bertz CT molecular complexity index is 709. The van der Waals surface area contributed by atoms with Gasteiger partial charge in [-0.25, -0.2) is 4.98 Å². The summed E-state index contributed by atoms with van der Waals surface area (Å²) in [6.07, 6.45) is 1.60. The van der Waals surface area contributed by atoms with Crippen LogP contribution in [0.3, 0.4) is 0 Å². The van der Waals surface area contributed by atoms with Gasteiger partial charge in [-0.3, -0.25) is 0 Å². The first kappa shape index (κ1) is 11.9. The van der Waals surface area contributed by atoms with Crippen LogP contribution < -0.4 is 5.73 Å². The molecule has 6 heteroatoms. The molecule has 3 aromatic rings. The molecular weight excluding hydrogens is 308 g/mol. The van der Waals surface area contributed by atoms with Crippen molar-refractivity contribution in [2.24, 2.45) is 0 Å². The maximum absolute atomic E-state index is 5.54. The molecule has 94 valence electrons. The minimum atomic E-state index is 0.415. The molecular formula is C13H9BrN4O. The van der Waals surface area contributed by atoms with Gasteiger partial charge in [0.2, 0.25) is 5.82 Å². The van der Waals surface area contributed by atoms with Crippen molar-refractivity contribution in [2.45, 2.75) is 0 Å². The van der Waals surface area contributed by atoms with Gasteiger partial charge in [-0.2, -0.15) is 4.98 Å². The van der Waals surface area contributed by atoms with E-state index in [1.165, 1.54) is 0 Å². The van der Waals surface area contributed by atoms with Crippen LogP contribution in [0.5, 0.6) is 0 Å². The van der Waals surface area contributed by atoms with Crippen LogP contribution in [0.2, 0.25) is 0 Å². The zero-order chi connectivity index (χ0) is 13.2. The zero-order valence-corrected chi connectivity index (χ0v) is 11.3. The summed E-state index contributed by atoms with van der Waals surface area (Å²) in [4.78, 5) is 8.35. The highest BCUT2D eigenvalue weighted by molar-refractivity contribution is 9.10. The normalized spacial score (nSPS) is 10.6. The minimum Gasteiger partial charge on any atom is -0.384 e. The highest BCUT2D eigenvalue weighted by Crippen LogP contribution is 2.27. The smallest absolute Gasteiger partial charge is 0.259 e. The Morgan fingerprint density at radius 1 is 1.11 bits per heavy atom. The van der Waals surface area contributed by atoms with E-state index in [1.54, 1.807) is 18.3 Å². The lowest BCUT2D eigenvalue weighted by molar-refractivity contribution is 0.432. The maximum atomic E-state index is 5.54. The maximum Gasteiger partial charge on any atom is 0.259 e. The third kappa shape index (κ3) is 2.34. The Morgan fingerprint density at radius 3 is 2.68 bits per heavy atom. The first-order valence-corrected chi connectivity index (χ1v) is 6.34. The predicted octanol–water partition coefficient (Wildman–Crippen LogP) is 3.14. The van der Waals surface area contributed by atoms with E-state index >= 15 is 0 Å².